The molecule has 40 heavy (non-hydrogen) atoms. The summed E-state index contributed by atoms with van der Waals surface area (Å²) in [6, 6.07) is 8.50. The molecular formula is C30H32N10. The van der Waals surface area contributed by atoms with Gasteiger partial charge in [0.2, 0.25) is 0 Å². The molecule has 10 heteroatoms. The molecule has 0 radical (unpaired) electrons. The second-order valence-corrected chi connectivity index (χ2v) is 10.5. The topological polar surface area (TPSA) is 114 Å². The number of anilines is 1. The average Bonchev–Trinajstić information content (AvgIpc) is 3.69. The van der Waals surface area contributed by atoms with E-state index in [0.717, 1.165) is 67.2 Å². The van der Waals surface area contributed by atoms with Crippen LogP contribution in [-0.2, 0) is 5.41 Å². The Hall–Kier alpha value is -4.65. The average molecular weight is 533 g/mol. The first-order chi connectivity index (χ1) is 19.5. The second-order valence-electron chi connectivity index (χ2n) is 10.5. The van der Waals surface area contributed by atoms with Gasteiger partial charge in [0.25, 0.3) is 0 Å². The maximum atomic E-state index is 9.76. The monoisotopic (exact) mass is 532 g/mol. The summed E-state index contributed by atoms with van der Waals surface area (Å²) >= 11 is 0. The van der Waals surface area contributed by atoms with Crippen molar-refractivity contribution in [1.29, 1.82) is 5.26 Å². The van der Waals surface area contributed by atoms with Crippen LogP contribution in [0.4, 0.5) is 5.82 Å². The molecule has 1 fully saturated rings. The Morgan fingerprint density at radius 2 is 1.77 bits per heavy atom. The maximum absolute atomic E-state index is 9.76. The van der Waals surface area contributed by atoms with Gasteiger partial charge in [-0.05, 0) is 50.8 Å². The van der Waals surface area contributed by atoms with Gasteiger partial charge in [-0.2, -0.15) is 15.5 Å². The molecular weight excluding hydrogens is 500 g/mol. The minimum absolute atomic E-state index is 0.00605. The van der Waals surface area contributed by atoms with Crippen LogP contribution in [0.3, 0.4) is 0 Å². The van der Waals surface area contributed by atoms with E-state index < -0.39 is 0 Å². The molecule has 6 rings (SSSR count). The zero-order valence-electron chi connectivity index (χ0n) is 23.1. The largest absolute Gasteiger partial charge is 0.357 e. The van der Waals surface area contributed by atoms with E-state index in [1.807, 2.05) is 60.1 Å². The Morgan fingerprint density at radius 1 is 0.975 bits per heavy atom. The van der Waals surface area contributed by atoms with Crippen LogP contribution >= 0.6 is 0 Å². The number of pyridine rings is 1. The third-order valence-electron chi connectivity index (χ3n) is 8.34. The van der Waals surface area contributed by atoms with Crippen LogP contribution in [-0.4, -0.2) is 52.4 Å². The van der Waals surface area contributed by atoms with Crippen molar-refractivity contribution in [3.63, 3.8) is 0 Å². The molecule has 0 saturated carbocycles. The molecule has 0 amide bonds. The molecule has 1 aliphatic rings. The van der Waals surface area contributed by atoms with Crippen LogP contribution in [0, 0.1) is 11.3 Å². The van der Waals surface area contributed by atoms with Crippen molar-refractivity contribution in [2.45, 2.75) is 57.9 Å². The summed E-state index contributed by atoms with van der Waals surface area (Å²) in [7, 11) is 0. The fourth-order valence-electron chi connectivity index (χ4n) is 5.52. The minimum atomic E-state index is 0.00605. The number of nitriles is 1. The summed E-state index contributed by atoms with van der Waals surface area (Å²) < 4.78 is 3.68. The molecule has 5 aromatic heterocycles. The fourth-order valence-corrected chi connectivity index (χ4v) is 5.52. The van der Waals surface area contributed by atoms with Gasteiger partial charge in [-0.3, -0.25) is 4.68 Å². The molecule has 0 aliphatic carbocycles. The van der Waals surface area contributed by atoms with E-state index in [0.29, 0.717) is 22.8 Å². The highest BCUT2D eigenvalue weighted by Gasteiger charge is 2.37. The van der Waals surface area contributed by atoms with Gasteiger partial charge in [0.15, 0.2) is 0 Å². The first-order valence-electron chi connectivity index (χ1n) is 13.9. The number of rotatable bonds is 7. The summed E-state index contributed by atoms with van der Waals surface area (Å²) in [5, 5.41) is 18.7. The summed E-state index contributed by atoms with van der Waals surface area (Å²) in [6.07, 6.45) is 16.7. The van der Waals surface area contributed by atoms with Crippen LogP contribution in [0.2, 0.25) is 0 Å². The van der Waals surface area contributed by atoms with Crippen LogP contribution in [0.15, 0.2) is 61.6 Å². The van der Waals surface area contributed by atoms with Crippen molar-refractivity contribution in [2.24, 2.45) is 0 Å². The lowest BCUT2D eigenvalue weighted by molar-refractivity contribution is 0.302. The van der Waals surface area contributed by atoms with Gasteiger partial charge in [0, 0.05) is 60.5 Å². The zero-order valence-corrected chi connectivity index (χ0v) is 23.1. The number of nitrogens with zero attached hydrogens (tertiary/aromatic N) is 10. The first-order valence-corrected chi connectivity index (χ1v) is 13.9. The van der Waals surface area contributed by atoms with Gasteiger partial charge in [-0.25, -0.2) is 24.5 Å². The quantitative estimate of drug-likeness (QED) is 0.280. The summed E-state index contributed by atoms with van der Waals surface area (Å²) in [4.78, 5) is 21.3. The van der Waals surface area contributed by atoms with Gasteiger partial charge in [0.1, 0.15) is 28.8 Å². The Labute approximate surface area is 233 Å². The smallest absolute Gasteiger partial charge is 0.134 e. The van der Waals surface area contributed by atoms with Crippen molar-refractivity contribution in [3.05, 3.63) is 73.0 Å². The van der Waals surface area contributed by atoms with Crippen LogP contribution in [0.25, 0.3) is 28.0 Å². The highest BCUT2D eigenvalue weighted by molar-refractivity contribution is 5.83. The van der Waals surface area contributed by atoms with Crippen molar-refractivity contribution in [3.8, 4) is 28.6 Å². The fraction of sp³-hybridized carbons (Fsp3) is 0.367. The minimum Gasteiger partial charge on any atom is -0.357 e. The molecule has 6 heterocycles. The van der Waals surface area contributed by atoms with E-state index in [1.54, 1.807) is 10.7 Å². The molecule has 1 aliphatic heterocycles. The standard InChI is InChI=1S/C30H32N10/c1-4-21(3)39-19-24(18-35-39)25-20-40-28(23(15-31)17-36-40)27(37-25)22-7-8-26(34-16-22)38-13-9-30(5-2,10-14-38)29-32-11-6-12-33-29/h6-8,11-12,16-21H,4-5,9-10,13-14H2,1-3H3. The predicted molar refractivity (Wildman–Crippen MR) is 153 cm³/mol. The number of hydrogen-bond donors (Lipinski definition) is 0. The molecule has 0 spiro atoms. The van der Waals surface area contributed by atoms with Gasteiger partial charge < -0.3 is 4.90 Å². The Balaban J connectivity index is 1.30. The molecule has 1 unspecified atom stereocenters. The molecule has 202 valence electrons. The summed E-state index contributed by atoms with van der Waals surface area (Å²) in [5.74, 6) is 1.87. The van der Waals surface area contributed by atoms with E-state index in [4.69, 9.17) is 9.97 Å². The molecule has 1 saturated heterocycles. The molecule has 0 bridgehead atoms. The van der Waals surface area contributed by atoms with Gasteiger partial charge >= 0.3 is 0 Å². The predicted octanol–water partition coefficient (Wildman–Crippen LogP) is 5.24. The van der Waals surface area contributed by atoms with Gasteiger partial charge in [-0.15, -0.1) is 0 Å². The third kappa shape index (κ3) is 4.47. The number of aromatic nitrogens is 8. The Morgan fingerprint density at radius 3 is 2.45 bits per heavy atom. The Kier molecular flexibility index (Phi) is 6.72. The SMILES string of the molecule is CCC(C)n1cc(-c2cn3ncc(C#N)c3c(-c3ccc(N4CCC(CC)(c5ncccn5)CC4)nc3)n2)cn1. The van der Waals surface area contributed by atoms with Crippen molar-refractivity contribution < 1.29 is 0 Å². The lowest BCUT2D eigenvalue weighted by Crippen LogP contribution is -2.43. The zero-order chi connectivity index (χ0) is 27.7. The van der Waals surface area contributed by atoms with Crippen molar-refractivity contribution in [2.75, 3.05) is 18.0 Å². The normalized spacial score (nSPS) is 15.7. The summed E-state index contributed by atoms with van der Waals surface area (Å²) in [5.41, 5.74) is 4.30. The number of piperidine rings is 1. The third-order valence-corrected chi connectivity index (χ3v) is 8.34. The molecule has 5 aromatic rings. The number of fused-ring (bicyclic) bond motifs is 1. The van der Waals surface area contributed by atoms with Gasteiger partial charge in [-0.1, -0.05) is 13.8 Å². The van der Waals surface area contributed by atoms with Crippen molar-refractivity contribution >= 4 is 11.3 Å². The van der Waals surface area contributed by atoms with Crippen molar-refractivity contribution in [1.82, 2.24) is 39.3 Å². The Bertz CT molecular complexity index is 1650. The van der Waals surface area contributed by atoms with E-state index in [-0.39, 0.29) is 5.41 Å². The molecule has 1 atom stereocenters. The molecule has 10 nitrogen and oxygen atoms in total. The maximum Gasteiger partial charge on any atom is 0.134 e. The lowest BCUT2D eigenvalue weighted by Gasteiger charge is -2.40. The second kappa shape index (κ2) is 10.5. The van der Waals surface area contributed by atoms with E-state index >= 15 is 0 Å². The summed E-state index contributed by atoms with van der Waals surface area (Å²) in [6.45, 7) is 8.27. The van der Waals surface area contributed by atoms with E-state index in [2.05, 4.69) is 51.9 Å². The molecule has 0 N–H and O–H groups in total. The lowest BCUT2D eigenvalue weighted by atomic mass is 9.75. The highest BCUT2D eigenvalue weighted by atomic mass is 15.3. The van der Waals surface area contributed by atoms with Crippen LogP contribution in [0.1, 0.15) is 63.9 Å². The van der Waals surface area contributed by atoms with E-state index in [9.17, 15) is 5.26 Å². The van der Waals surface area contributed by atoms with Gasteiger partial charge in [0.05, 0.1) is 30.0 Å². The first kappa shape index (κ1) is 25.6. The van der Waals surface area contributed by atoms with E-state index in [1.165, 1.54) is 0 Å². The number of hydrogen-bond acceptors (Lipinski definition) is 8. The van der Waals surface area contributed by atoms with Crippen LogP contribution in [0.5, 0.6) is 0 Å². The highest BCUT2D eigenvalue weighted by Crippen LogP contribution is 2.38. The van der Waals surface area contributed by atoms with Crippen LogP contribution < -0.4 is 4.90 Å². The molecule has 0 aromatic carbocycles.